The molecular weight excluding hydrogens is 416 g/mol. The van der Waals surface area contributed by atoms with Crippen molar-refractivity contribution in [1.82, 2.24) is 10.6 Å². The number of carbonyl (C=O) groups is 2. The second-order valence-corrected chi connectivity index (χ2v) is 9.03. The number of hydrogen-bond acceptors (Lipinski definition) is 4. The van der Waals surface area contributed by atoms with Crippen LogP contribution in [0.5, 0.6) is 5.75 Å². The maximum Gasteiger partial charge on any atom is 0.268 e. The largest absolute Gasteiger partial charge is 0.487 e. The minimum Gasteiger partial charge on any atom is -0.487 e. The van der Waals surface area contributed by atoms with Crippen LogP contribution < -0.4 is 15.4 Å². The molecule has 0 bridgehead atoms. The number of aryl methyl sites for hydroxylation is 2. The molecule has 1 aliphatic heterocycles. The first kappa shape index (κ1) is 22.4. The van der Waals surface area contributed by atoms with Crippen LogP contribution in [0.4, 0.5) is 0 Å². The van der Waals surface area contributed by atoms with Gasteiger partial charge in [0.15, 0.2) is 0 Å². The normalized spacial score (nSPS) is 17.0. The molecule has 2 heterocycles. The molecule has 1 unspecified atom stereocenters. The molecular formula is C27H28N2O4. The number of hydrogen-bond donors (Lipinski definition) is 2. The van der Waals surface area contributed by atoms with Crippen molar-refractivity contribution in [3.05, 3.63) is 94.6 Å². The summed E-state index contributed by atoms with van der Waals surface area (Å²) in [5.41, 5.74) is 3.16. The molecule has 6 nitrogen and oxygen atoms in total. The van der Waals surface area contributed by atoms with Crippen molar-refractivity contribution in [3.63, 3.8) is 0 Å². The first-order valence-electron chi connectivity index (χ1n) is 10.9. The molecule has 0 fully saturated rings. The number of amides is 2. The van der Waals surface area contributed by atoms with Gasteiger partial charge in [-0.05, 0) is 63.6 Å². The molecule has 2 amide bonds. The lowest BCUT2D eigenvalue weighted by atomic mass is 9.89. The van der Waals surface area contributed by atoms with Crippen LogP contribution >= 0.6 is 0 Å². The highest BCUT2D eigenvalue weighted by atomic mass is 16.5. The van der Waals surface area contributed by atoms with Crippen molar-refractivity contribution in [2.24, 2.45) is 0 Å². The SMILES string of the molecule is Cc1ccc(C(=O)N/C(=C\c2ccco2)C(=O)NC2CC(C)(C)Oc3cc(C)ccc32)cc1. The first-order valence-corrected chi connectivity index (χ1v) is 10.9. The Hall–Kier alpha value is -3.80. The fourth-order valence-corrected chi connectivity index (χ4v) is 3.90. The molecule has 0 aliphatic carbocycles. The summed E-state index contributed by atoms with van der Waals surface area (Å²) >= 11 is 0. The van der Waals surface area contributed by atoms with Crippen LogP contribution in [0.1, 0.15) is 59.1 Å². The molecule has 3 aromatic rings. The van der Waals surface area contributed by atoms with Gasteiger partial charge in [0.25, 0.3) is 11.8 Å². The van der Waals surface area contributed by atoms with Gasteiger partial charge in [0, 0.05) is 23.6 Å². The number of fused-ring (bicyclic) bond motifs is 1. The number of carbonyl (C=O) groups excluding carboxylic acids is 2. The molecule has 2 aromatic carbocycles. The molecule has 0 saturated heterocycles. The Bertz CT molecular complexity index is 1190. The fourth-order valence-electron chi connectivity index (χ4n) is 3.90. The minimum absolute atomic E-state index is 0.105. The van der Waals surface area contributed by atoms with Gasteiger partial charge in [-0.2, -0.15) is 0 Å². The summed E-state index contributed by atoms with van der Waals surface area (Å²) in [5, 5.41) is 5.84. The molecule has 1 aromatic heterocycles. The maximum absolute atomic E-state index is 13.4. The molecule has 1 atom stereocenters. The van der Waals surface area contributed by atoms with Crippen molar-refractivity contribution < 1.29 is 18.7 Å². The van der Waals surface area contributed by atoms with Crippen LogP contribution in [0.25, 0.3) is 6.08 Å². The molecule has 170 valence electrons. The van der Waals surface area contributed by atoms with Gasteiger partial charge in [-0.25, -0.2) is 0 Å². The molecule has 33 heavy (non-hydrogen) atoms. The fraction of sp³-hybridized carbons (Fsp3) is 0.259. The Balaban J connectivity index is 1.61. The van der Waals surface area contributed by atoms with E-state index in [4.69, 9.17) is 9.15 Å². The second kappa shape index (κ2) is 8.98. The second-order valence-electron chi connectivity index (χ2n) is 9.03. The Labute approximate surface area is 193 Å². The van der Waals surface area contributed by atoms with Crippen LogP contribution in [0, 0.1) is 13.8 Å². The summed E-state index contributed by atoms with van der Waals surface area (Å²) in [5.74, 6) is 0.455. The summed E-state index contributed by atoms with van der Waals surface area (Å²) in [4.78, 5) is 26.2. The van der Waals surface area contributed by atoms with E-state index in [0.29, 0.717) is 17.7 Å². The Morgan fingerprint density at radius 2 is 1.76 bits per heavy atom. The van der Waals surface area contributed by atoms with Crippen LogP contribution in [0.15, 0.2) is 71.0 Å². The zero-order valence-electron chi connectivity index (χ0n) is 19.3. The number of nitrogens with one attached hydrogen (secondary N) is 2. The number of ether oxygens (including phenoxy) is 1. The standard InChI is InChI=1S/C27H28N2O4/c1-17-7-10-19(11-8-17)25(30)28-22(15-20-6-5-13-32-20)26(31)29-23-16-27(3,4)33-24-14-18(2)9-12-21(23)24/h5-15,23H,16H2,1-4H3,(H,28,30)(H,29,31)/b22-15-. The third-order valence-electron chi connectivity index (χ3n) is 5.57. The summed E-state index contributed by atoms with van der Waals surface area (Å²) < 4.78 is 11.5. The van der Waals surface area contributed by atoms with Gasteiger partial charge in [-0.3, -0.25) is 9.59 Å². The van der Waals surface area contributed by atoms with E-state index in [0.717, 1.165) is 22.4 Å². The highest BCUT2D eigenvalue weighted by molar-refractivity contribution is 6.05. The Morgan fingerprint density at radius 1 is 1.03 bits per heavy atom. The summed E-state index contributed by atoms with van der Waals surface area (Å²) in [6.45, 7) is 7.95. The van der Waals surface area contributed by atoms with E-state index in [2.05, 4.69) is 10.6 Å². The third-order valence-corrected chi connectivity index (χ3v) is 5.57. The van der Waals surface area contributed by atoms with Gasteiger partial charge in [-0.1, -0.05) is 29.8 Å². The van der Waals surface area contributed by atoms with Crippen molar-refractivity contribution in [1.29, 1.82) is 0 Å². The van der Waals surface area contributed by atoms with Gasteiger partial charge < -0.3 is 19.8 Å². The van der Waals surface area contributed by atoms with Crippen LogP contribution in [0.3, 0.4) is 0 Å². The highest BCUT2D eigenvalue weighted by Crippen LogP contribution is 2.40. The predicted molar refractivity (Wildman–Crippen MR) is 127 cm³/mol. The third kappa shape index (κ3) is 5.34. The van der Waals surface area contributed by atoms with E-state index < -0.39 is 11.5 Å². The average Bonchev–Trinajstić information content (AvgIpc) is 3.25. The predicted octanol–water partition coefficient (Wildman–Crippen LogP) is 5.09. The lowest BCUT2D eigenvalue weighted by molar-refractivity contribution is -0.119. The molecule has 2 N–H and O–H groups in total. The summed E-state index contributed by atoms with van der Waals surface area (Å²) in [6.07, 6.45) is 3.64. The van der Waals surface area contributed by atoms with Crippen molar-refractivity contribution in [2.45, 2.75) is 45.8 Å². The van der Waals surface area contributed by atoms with Crippen molar-refractivity contribution in [3.8, 4) is 5.75 Å². The van der Waals surface area contributed by atoms with E-state index in [1.54, 1.807) is 24.3 Å². The summed E-state index contributed by atoms with van der Waals surface area (Å²) in [7, 11) is 0. The van der Waals surface area contributed by atoms with Gasteiger partial charge >= 0.3 is 0 Å². The van der Waals surface area contributed by atoms with Crippen LogP contribution in [0.2, 0.25) is 0 Å². The zero-order valence-corrected chi connectivity index (χ0v) is 19.3. The van der Waals surface area contributed by atoms with Gasteiger partial charge in [0.05, 0.1) is 12.3 Å². The van der Waals surface area contributed by atoms with E-state index in [1.807, 2.05) is 58.0 Å². The molecule has 1 aliphatic rings. The average molecular weight is 445 g/mol. The van der Waals surface area contributed by atoms with Crippen LogP contribution in [-0.4, -0.2) is 17.4 Å². The smallest absolute Gasteiger partial charge is 0.268 e. The summed E-state index contributed by atoms with van der Waals surface area (Å²) in [6, 6.07) is 16.3. The van der Waals surface area contributed by atoms with E-state index in [1.165, 1.54) is 12.3 Å². The Morgan fingerprint density at radius 3 is 2.45 bits per heavy atom. The van der Waals surface area contributed by atoms with E-state index in [-0.39, 0.29) is 17.6 Å². The monoisotopic (exact) mass is 444 g/mol. The van der Waals surface area contributed by atoms with Crippen molar-refractivity contribution >= 4 is 17.9 Å². The molecule has 4 rings (SSSR count). The van der Waals surface area contributed by atoms with Gasteiger partial charge in [-0.15, -0.1) is 0 Å². The first-order chi connectivity index (χ1) is 15.7. The molecule has 0 radical (unpaired) electrons. The van der Waals surface area contributed by atoms with E-state index in [9.17, 15) is 9.59 Å². The number of benzene rings is 2. The van der Waals surface area contributed by atoms with Crippen molar-refractivity contribution in [2.75, 3.05) is 0 Å². The number of rotatable bonds is 5. The van der Waals surface area contributed by atoms with E-state index >= 15 is 0 Å². The van der Waals surface area contributed by atoms with Gasteiger partial charge in [0.1, 0.15) is 22.8 Å². The minimum atomic E-state index is -0.450. The van der Waals surface area contributed by atoms with Gasteiger partial charge in [0.2, 0.25) is 0 Å². The highest BCUT2D eigenvalue weighted by Gasteiger charge is 2.35. The maximum atomic E-state index is 13.4. The quantitative estimate of drug-likeness (QED) is 0.538. The topological polar surface area (TPSA) is 80.6 Å². The lowest BCUT2D eigenvalue weighted by Crippen LogP contribution is -2.43. The lowest BCUT2D eigenvalue weighted by Gasteiger charge is -2.38. The molecule has 0 saturated carbocycles. The molecule has 0 spiro atoms. The number of furan rings is 1. The zero-order chi connectivity index (χ0) is 23.6. The Kier molecular flexibility index (Phi) is 6.09. The van der Waals surface area contributed by atoms with Crippen LogP contribution in [-0.2, 0) is 4.79 Å². The molecule has 6 heteroatoms.